The van der Waals surface area contributed by atoms with E-state index in [9.17, 15) is 4.79 Å². The van der Waals surface area contributed by atoms with E-state index in [2.05, 4.69) is 5.32 Å². The summed E-state index contributed by atoms with van der Waals surface area (Å²) in [5, 5.41) is 3.86. The monoisotopic (exact) mass is 262 g/mol. The standard InChI is InChI=1S/C13H14N2O2S/c1-7(16)10-11-8-5-3-4-6-9(8)17-12(10)15(2)13(18)14-11/h3-6,10-12H,1-2H3,(H,14,18)/t10-,11-,12-/m0/s1. The number of carbonyl (C=O) groups is 1. The van der Waals surface area contributed by atoms with Gasteiger partial charge in [0, 0.05) is 12.6 Å². The Morgan fingerprint density at radius 1 is 1.44 bits per heavy atom. The molecule has 3 rings (SSSR count). The van der Waals surface area contributed by atoms with Crippen LogP contribution in [0.25, 0.3) is 0 Å². The predicted molar refractivity (Wildman–Crippen MR) is 71.3 cm³/mol. The van der Waals surface area contributed by atoms with Crippen LogP contribution in [0.15, 0.2) is 24.3 Å². The molecule has 2 aliphatic rings. The molecule has 2 aliphatic heterocycles. The molecule has 2 bridgehead atoms. The molecule has 1 saturated heterocycles. The fourth-order valence-electron chi connectivity index (χ4n) is 2.68. The smallest absolute Gasteiger partial charge is 0.185 e. The minimum Gasteiger partial charge on any atom is -0.469 e. The van der Waals surface area contributed by atoms with Gasteiger partial charge in [-0.2, -0.15) is 0 Å². The maximum atomic E-state index is 11.9. The highest BCUT2D eigenvalue weighted by molar-refractivity contribution is 7.80. The normalized spacial score (nSPS) is 29.1. The fourth-order valence-corrected chi connectivity index (χ4v) is 2.91. The first kappa shape index (κ1) is 11.5. The molecule has 2 heterocycles. The van der Waals surface area contributed by atoms with E-state index in [1.54, 1.807) is 6.92 Å². The number of para-hydroxylation sites is 1. The number of fused-ring (bicyclic) bond motifs is 4. The van der Waals surface area contributed by atoms with Crippen LogP contribution in [0.1, 0.15) is 18.5 Å². The Morgan fingerprint density at radius 3 is 2.89 bits per heavy atom. The number of thiocarbonyl (C=S) groups is 1. The van der Waals surface area contributed by atoms with Gasteiger partial charge in [-0.3, -0.25) is 4.79 Å². The molecule has 3 atom stereocenters. The summed E-state index contributed by atoms with van der Waals surface area (Å²) in [6.07, 6.45) is -0.309. The Labute approximate surface area is 111 Å². The summed E-state index contributed by atoms with van der Waals surface area (Å²) in [5.41, 5.74) is 1.00. The molecule has 94 valence electrons. The van der Waals surface area contributed by atoms with Gasteiger partial charge >= 0.3 is 0 Å². The molecule has 0 amide bonds. The number of ketones is 1. The Morgan fingerprint density at radius 2 is 2.17 bits per heavy atom. The summed E-state index contributed by atoms with van der Waals surface area (Å²) in [6.45, 7) is 1.60. The van der Waals surface area contributed by atoms with E-state index >= 15 is 0 Å². The van der Waals surface area contributed by atoms with Gasteiger partial charge in [0.15, 0.2) is 11.3 Å². The fraction of sp³-hybridized carbons (Fsp3) is 0.385. The minimum atomic E-state index is -0.309. The van der Waals surface area contributed by atoms with Gasteiger partial charge < -0.3 is 15.0 Å². The lowest BCUT2D eigenvalue weighted by molar-refractivity contribution is -0.130. The van der Waals surface area contributed by atoms with Gasteiger partial charge in [0.1, 0.15) is 11.5 Å². The van der Waals surface area contributed by atoms with Crippen molar-refractivity contribution < 1.29 is 9.53 Å². The van der Waals surface area contributed by atoms with E-state index in [0.29, 0.717) is 5.11 Å². The van der Waals surface area contributed by atoms with Crippen LogP contribution in [0.5, 0.6) is 5.75 Å². The van der Waals surface area contributed by atoms with Gasteiger partial charge in [-0.1, -0.05) is 18.2 Å². The number of ether oxygens (including phenoxy) is 1. The summed E-state index contributed by atoms with van der Waals surface area (Å²) >= 11 is 5.27. The van der Waals surface area contributed by atoms with E-state index < -0.39 is 0 Å². The van der Waals surface area contributed by atoms with Crippen LogP contribution in [0.2, 0.25) is 0 Å². The quantitative estimate of drug-likeness (QED) is 0.776. The second-order valence-electron chi connectivity index (χ2n) is 4.72. The van der Waals surface area contributed by atoms with Gasteiger partial charge in [-0.15, -0.1) is 0 Å². The van der Waals surface area contributed by atoms with Crippen molar-refractivity contribution in [3.05, 3.63) is 29.8 Å². The Balaban J connectivity index is 2.13. The number of benzene rings is 1. The van der Waals surface area contributed by atoms with Crippen molar-refractivity contribution in [2.75, 3.05) is 7.05 Å². The van der Waals surface area contributed by atoms with E-state index in [1.807, 2.05) is 36.2 Å². The third kappa shape index (κ3) is 1.50. The zero-order valence-corrected chi connectivity index (χ0v) is 11.0. The molecular weight excluding hydrogens is 248 g/mol. The molecule has 1 fully saturated rings. The molecule has 1 N–H and O–H groups in total. The second-order valence-corrected chi connectivity index (χ2v) is 5.11. The summed E-state index contributed by atoms with van der Waals surface area (Å²) in [6, 6.07) is 7.70. The van der Waals surface area contributed by atoms with Gasteiger partial charge in [-0.25, -0.2) is 0 Å². The largest absolute Gasteiger partial charge is 0.469 e. The lowest BCUT2D eigenvalue weighted by atomic mass is 9.84. The van der Waals surface area contributed by atoms with E-state index in [4.69, 9.17) is 17.0 Å². The third-order valence-corrected chi connectivity index (χ3v) is 4.02. The first-order valence-electron chi connectivity index (χ1n) is 5.89. The zero-order chi connectivity index (χ0) is 12.9. The molecule has 0 aliphatic carbocycles. The van der Waals surface area contributed by atoms with Gasteiger partial charge in [-0.05, 0) is 25.2 Å². The van der Waals surface area contributed by atoms with Crippen molar-refractivity contribution >= 4 is 23.1 Å². The molecule has 0 unspecified atom stereocenters. The first-order chi connectivity index (χ1) is 8.59. The van der Waals surface area contributed by atoms with Crippen molar-refractivity contribution in [1.82, 2.24) is 10.2 Å². The van der Waals surface area contributed by atoms with E-state index in [0.717, 1.165) is 11.3 Å². The molecular formula is C13H14N2O2S. The summed E-state index contributed by atoms with van der Waals surface area (Å²) in [4.78, 5) is 13.7. The lowest BCUT2D eigenvalue weighted by Crippen LogP contribution is -2.62. The van der Waals surface area contributed by atoms with E-state index in [1.165, 1.54) is 0 Å². The molecule has 0 spiro atoms. The molecule has 4 nitrogen and oxygen atoms in total. The third-order valence-electron chi connectivity index (χ3n) is 3.62. The maximum Gasteiger partial charge on any atom is 0.185 e. The van der Waals surface area contributed by atoms with Crippen LogP contribution < -0.4 is 10.1 Å². The molecule has 0 radical (unpaired) electrons. The topological polar surface area (TPSA) is 41.6 Å². The number of carbonyl (C=O) groups excluding carboxylic acids is 1. The van der Waals surface area contributed by atoms with Gasteiger partial charge in [0.05, 0.1) is 12.0 Å². The lowest BCUT2D eigenvalue weighted by Gasteiger charge is -2.48. The Bertz CT molecular complexity index is 531. The molecule has 5 heteroatoms. The molecule has 18 heavy (non-hydrogen) atoms. The first-order valence-corrected chi connectivity index (χ1v) is 6.30. The number of nitrogens with zero attached hydrogens (tertiary/aromatic N) is 1. The van der Waals surface area contributed by atoms with Crippen LogP contribution in [-0.2, 0) is 4.79 Å². The van der Waals surface area contributed by atoms with Crippen LogP contribution >= 0.6 is 12.2 Å². The average Bonchev–Trinajstić information content (AvgIpc) is 2.35. The molecule has 0 saturated carbocycles. The number of hydrogen-bond donors (Lipinski definition) is 1. The SMILES string of the molecule is CC(=O)[C@H]1[C@H]2NC(=S)N(C)[C@H]1Oc1ccccc12. The minimum absolute atomic E-state index is 0.0823. The van der Waals surface area contributed by atoms with Crippen LogP contribution in [0.3, 0.4) is 0 Å². The van der Waals surface area contributed by atoms with Crippen molar-refractivity contribution in [1.29, 1.82) is 0 Å². The zero-order valence-electron chi connectivity index (χ0n) is 10.2. The number of hydrogen-bond acceptors (Lipinski definition) is 3. The number of nitrogens with one attached hydrogen (secondary N) is 1. The highest BCUT2D eigenvalue weighted by Crippen LogP contribution is 2.42. The number of rotatable bonds is 1. The Hall–Kier alpha value is -1.62. The molecule has 1 aromatic carbocycles. The van der Waals surface area contributed by atoms with Crippen LogP contribution in [0.4, 0.5) is 0 Å². The number of Topliss-reactive ketones (excluding diaryl/α,β-unsaturated/α-hetero) is 1. The van der Waals surface area contributed by atoms with E-state index in [-0.39, 0.29) is 24.0 Å². The summed E-state index contributed by atoms with van der Waals surface area (Å²) in [7, 11) is 1.85. The van der Waals surface area contributed by atoms with Crippen LogP contribution in [-0.4, -0.2) is 29.1 Å². The van der Waals surface area contributed by atoms with Crippen LogP contribution in [0, 0.1) is 5.92 Å². The van der Waals surface area contributed by atoms with Crippen molar-refractivity contribution in [2.45, 2.75) is 19.2 Å². The van der Waals surface area contributed by atoms with Crippen molar-refractivity contribution in [2.24, 2.45) is 5.92 Å². The Kier molecular flexibility index (Phi) is 2.52. The van der Waals surface area contributed by atoms with Crippen molar-refractivity contribution in [3.63, 3.8) is 0 Å². The van der Waals surface area contributed by atoms with Gasteiger partial charge in [0.25, 0.3) is 0 Å². The summed E-state index contributed by atoms with van der Waals surface area (Å²) in [5.74, 6) is 0.713. The van der Waals surface area contributed by atoms with Crippen molar-refractivity contribution in [3.8, 4) is 5.75 Å². The highest BCUT2D eigenvalue weighted by Gasteiger charge is 2.47. The second kappa shape index (κ2) is 3.95. The van der Waals surface area contributed by atoms with Gasteiger partial charge in [0.2, 0.25) is 0 Å². The average molecular weight is 262 g/mol. The molecule has 1 aromatic rings. The predicted octanol–water partition coefficient (Wildman–Crippen LogP) is 1.47. The molecule has 0 aromatic heterocycles. The highest BCUT2D eigenvalue weighted by atomic mass is 32.1. The maximum absolute atomic E-state index is 11.9. The summed E-state index contributed by atoms with van der Waals surface area (Å²) < 4.78 is 5.94.